The van der Waals surface area contributed by atoms with Gasteiger partial charge in [0.1, 0.15) is 5.69 Å². The first kappa shape index (κ1) is 14.3. The summed E-state index contributed by atoms with van der Waals surface area (Å²) in [4.78, 5) is 12.6. The fraction of sp³-hybridized carbons (Fsp3) is 0.375. The molecule has 1 heterocycles. The highest BCUT2D eigenvalue weighted by molar-refractivity contribution is 5.47. The summed E-state index contributed by atoms with van der Waals surface area (Å²) in [6.45, 7) is 0. The summed E-state index contributed by atoms with van der Waals surface area (Å²) >= 11 is 0. The second-order valence-corrected chi connectivity index (χ2v) is 3.28. The van der Waals surface area contributed by atoms with Gasteiger partial charge in [0.15, 0.2) is 0 Å². The van der Waals surface area contributed by atoms with Gasteiger partial charge in [-0.3, -0.25) is 4.79 Å². The van der Waals surface area contributed by atoms with Crippen molar-refractivity contribution in [1.82, 2.24) is 4.98 Å². The van der Waals surface area contributed by atoms with Gasteiger partial charge in [-0.2, -0.15) is 30.7 Å². The molecule has 1 aromatic heterocycles. The summed E-state index contributed by atoms with van der Waals surface area (Å²) in [5.74, 6) is -12.0. The number of alkyl halides is 7. The number of pyridine rings is 1. The molecule has 0 fully saturated rings. The van der Waals surface area contributed by atoms with Crippen LogP contribution in [0.15, 0.2) is 17.1 Å². The van der Waals surface area contributed by atoms with Crippen molar-refractivity contribution in [3.63, 3.8) is 0 Å². The SMILES string of the molecule is Nc1c(C(F)(F)C(F)(F)C(F)(F)F)cc[nH]c1=O. The molecule has 1 rings (SSSR count). The van der Waals surface area contributed by atoms with E-state index >= 15 is 0 Å². The second kappa shape index (κ2) is 3.89. The number of aromatic nitrogens is 1. The molecule has 1 aromatic rings. The zero-order valence-corrected chi connectivity index (χ0v) is 8.29. The molecule has 0 aliphatic rings. The van der Waals surface area contributed by atoms with Crippen LogP contribution in [0.3, 0.4) is 0 Å². The van der Waals surface area contributed by atoms with Gasteiger partial charge in [0.2, 0.25) is 0 Å². The van der Waals surface area contributed by atoms with Gasteiger partial charge in [-0.1, -0.05) is 0 Å². The fourth-order valence-electron chi connectivity index (χ4n) is 1.11. The summed E-state index contributed by atoms with van der Waals surface area (Å²) in [7, 11) is 0. The van der Waals surface area contributed by atoms with Gasteiger partial charge in [-0.25, -0.2) is 0 Å². The average Bonchev–Trinajstić information content (AvgIpc) is 2.19. The number of hydrogen-bond donors (Lipinski definition) is 2. The predicted molar refractivity (Wildman–Crippen MR) is 46.4 cm³/mol. The van der Waals surface area contributed by atoms with E-state index in [4.69, 9.17) is 5.73 Å². The quantitative estimate of drug-likeness (QED) is 0.815. The van der Waals surface area contributed by atoms with Crippen molar-refractivity contribution in [2.45, 2.75) is 18.0 Å². The first-order chi connectivity index (χ1) is 7.93. The number of aromatic amines is 1. The van der Waals surface area contributed by atoms with E-state index < -0.39 is 34.8 Å². The highest BCUT2D eigenvalue weighted by Crippen LogP contribution is 2.52. The lowest BCUT2D eigenvalue weighted by atomic mass is 10.0. The molecule has 3 nitrogen and oxygen atoms in total. The molecule has 0 aliphatic heterocycles. The first-order valence-electron chi connectivity index (χ1n) is 4.23. The molecular formula is C8H5F7N2O. The molecular weight excluding hydrogens is 273 g/mol. The zero-order chi connectivity index (χ0) is 14.4. The van der Waals surface area contributed by atoms with E-state index in [-0.39, 0.29) is 6.07 Å². The van der Waals surface area contributed by atoms with Gasteiger partial charge >= 0.3 is 18.0 Å². The van der Waals surface area contributed by atoms with Crippen molar-refractivity contribution in [2.24, 2.45) is 0 Å². The molecule has 0 radical (unpaired) electrons. The van der Waals surface area contributed by atoms with Crippen molar-refractivity contribution in [2.75, 3.05) is 5.73 Å². The summed E-state index contributed by atoms with van der Waals surface area (Å²) in [5.41, 5.74) is 0.122. The van der Waals surface area contributed by atoms with E-state index in [0.29, 0.717) is 6.20 Å². The van der Waals surface area contributed by atoms with Crippen LogP contribution < -0.4 is 11.3 Å². The van der Waals surface area contributed by atoms with Gasteiger partial charge in [0.25, 0.3) is 5.56 Å². The molecule has 0 saturated heterocycles. The monoisotopic (exact) mass is 278 g/mol. The summed E-state index contributed by atoms with van der Waals surface area (Å²) in [6.07, 6.45) is -5.99. The summed E-state index contributed by atoms with van der Waals surface area (Å²) in [6, 6.07) is 0.191. The minimum Gasteiger partial charge on any atom is -0.394 e. The van der Waals surface area contributed by atoms with Gasteiger partial charge in [0.05, 0.1) is 5.56 Å². The average molecular weight is 278 g/mol. The Morgan fingerprint density at radius 3 is 2.00 bits per heavy atom. The number of halogens is 7. The van der Waals surface area contributed by atoms with E-state index in [1.807, 2.05) is 0 Å². The summed E-state index contributed by atoms with van der Waals surface area (Å²) < 4.78 is 87.3. The van der Waals surface area contributed by atoms with Crippen molar-refractivity contribution in [3.05, 3.63) is 28.2 Å². The van der Waals surface area contributed by atoms with E-state index in [2.05, 4.69) is 0 Å². The van der Waals surface area contributed by atoms with Crippen molar-refractivity contribution in [1.29, 1.82) is 0 Å². The molecule has 0 saturated carbocycles. The lowest BCUT2D eigenvalue weighted by Crippen LogP contribution is -2.50. The molecule has 0 atom stereocenters. The Kier molecular flexibility index (Phi) is 3.09. The van der Waals surface area contributed by atoms with Crippen molar-refractivity contribution >= 4 is 5.69 Å². The molecule has 0 bridgehead atoms. The van der Waals surface area contributed by atoms with E-state index in [1.165, 1.54) is 0 Å². The molecule has 0 amide bonds. The molecule has 0 aromatic carbocycles. The molecule has 3 N–H and O–H groups in total. The standard InChI is InChI=1S/C8H5F7N2O/c9-6(10,7(11,12)8(13,14)15)3-1-2-17-5(18)4(3)16/h1-2H,16H2,(H,17,18). The smallest absolute Gasteiger partial charge is 0.394 e. The maximum Gasteiger partial charge on any atom is 0.460 e. The molecule has 0 aliphatic carbocycles. The molecule has 0 spiro atoms. The van der Waals surface area contributed by atoms with Crippen LogP contribution >= 0.6 is 0 Å². The van der Waals surface area contributed by atoms with Gasteiger partial charge in [0, 0.05) is 6.20 Å². The molecule has 18 heavy (non-hydrogen) atoms. The predicted octanol–water partition coefficient (Wildman–Crippen LogP) is 2.25. The van der Waals surface area contributed by atoms with Crippen molar-refractivity contribution in [3.8, 4) is 0 Å². The number of H-pyrrole nitrogens is 1. The van der Waals surface area contributed by atoms with Crippen LogP contribution in [0.4, 0.5) is 36.4 Å². The lowest BCUT2D eigenvalue weighted by Gasteiger charge is -2.28. The van der Waals surface area contributed by atoms with Crippen molar-refractivity contribution < 1.29 is 30.7 Å². The second-order valence-electron chi connectivity index (χ2n) is 3.28. The highest BCUT2D eigenvalue weighted by atomic mass is 19.4. The van der Waals surface area contributed by atoms with Crippen LogP contribution in [-0.4, -0.2) is 17.1 Å². The Morgan fingerprint density at radius 2 is 1.56 bits per heavy atom. The number of anilines is 1. The van der Waals surface area contributed by atoms with Crippen LogP contribution in [-0.2, 0) is 5.92 Å². The minimum atomic E-state index is -6.48. The number of rotatable bonds is 2. The number of hydrogen-bond acceptors (Lipinski definition) is 2. The third-order valence-corrected chi connectivity index (χ3v) is 2.09. The first-order valence-corrected chi connectivity index (χ1v) is 4.23. The number of nitrogens with two attached hydrogens (primary N) is 1. The number of nitrogens with one attached hydrogen (secondary N) is 1. The Morgan fingerprint density at radius 1 is 1.06 bits per heavy atom. The highest BCUT2D eigenvalue weighted by Gasteiger charge is 2.74. The van der Waals surface area contributed by atoms with Crippen LogP contribution in [0, 0.1) is 0 Å². The Labute approximate surface area is 94.4 Å². The van der Waals surface area contributed by atoms with Crippen LogP contribution in [0.25, 0.3) is 0 Å². The van der Waals surface area contributed by atoms with E-state index in [0.717, 1.165) is 0 Å². The lowest BCUT2D eigenvalue weighted by molar-refractivity contribution is -0.359. The van der Waals surface area contributed by atoms with E-state index in [1.54, 1.807) is 4.98 Å². The maximum absolute atomic E-state index is 13.2. The largest absolute Gasteiger partial charge is 0.460 e. The third kappa shape index (κ3) is 1.91. The maximum atomic E-state index is 13.2. The fourth-order valence-corrected chi connectivity index (χ4v) is 1.11. The Bertz CT molecular complexity index is 505. The Hall–Kier alpha value is -1.74. The topological polar surface area (TPSA) is 58.9 Å². The van der Waals surface area contributed by atoms with Gasteiger partial charge in [-0.05, 0) is 6.07 Å². The van der Waals surface area contributed by atoms with Crippen LogP contribution in [0.1, 0.15) is 5.56 Å². The van der Waals surface area contributed by atoms with E-state index in [9.17, 15) is 35.5 Å². The Balaban J connectivity index is 3.47. The van der Waals surface area contributed by atoms with Crippen LogP contribution in [0.5, 0.6) is 0 Å². The molecule has 0 unspecified atom stereocenters. The number of nitrogen functional groups attached to an aromatic ring is 1. The van der Waals surface area contributed by atoms with Crippen LogP contribution in [0.2, 0.25) is 0 Å². The zero-order valence-electron chi connectivity index (χ0n) is 8.29. The van der Waals surface area contributed by atoms with Gasteiger partial charge < -0.3 is 10.7 Å². The minimum absolute atomic E-state index is 0.191. The molecule has 102 valence electrons. The normalized spacial score (nSPS) is 13.7. The molecule has 10 heteroatoms. The van der Waals surface area contributed by atoms with Gasteiger partial charge in [-0.15, -0.1) is 0 Å². The third-order valence-electron chi connectivity index (χ3n) is 2.09. The summed E-state index contributed by atoms with van der Waals surface area (Å²) in [5, 5.41) is 0.